The van der Waals surface area contributed by atoms with Crippen LogP contribution >= 0.6 is 0 Å². The van der Waals surface area contributed by atoms with E-state index in [2.05, 4.69) is 32.1 Å². The van der Waals surface area contributed by atoms with Gasteiger partial charge in [0.2, 0.25) is 0 Å². The molecule has 0 aromatic carbocycles. The fourth-order valence-corrected chi connectivity index (χ4v) is 5.10. The van der Waals surface area contributed by atoms with Crippen LogP contribution in [-0.4, -0.2) is 46.6 Å². The van der Waals surface area contributed by atoms with Gasteiger partial charge in [-0.1, -0.05) is 32.1 Å². The quantitative estimate of drug-likeness (QED) is 0.659. The average Bonchev–Trinajstić information content (AvgIpc) is 2.59. The second-order valence-electron chi connectivity index (χ2n) is 9.15. The smallest absolute Gasteiger partial charge is 0.308 e. The monoisotopic (exact) mass is 406 g/mol. The Bertz CT molecular complexity index is 666. The molecule has 8 atom stereocenters. The van der Waals surface area contributed by atoms with Crippen LogP contribution in [0.1, 0.15) is 59.3 Å². The Balaban J connectivity index is 1.72. The maximum Gasteiger partial charge on any atom is 0.308 e. The predicted octanol–water partition coefficient (Wildman–Crippen LogP) is 2.92. The molecule has 1 aliphatic heterocycles. The molecule has 1 heterocycles. The summed E-state index contributed by atoms with van der Waals surface area (Å²) in [6.07, 6.45) is 7.69. The molecule has 29 heavy (non-hydrogen) atoms. The van der Waals surface area contributed by atoms with Crippen molar-refractivity contribution in [2.24, 2.45) is 23.7 Å². The molecule has 3 rings (SSSR count). The lowest BCUT2D eigenvalue weighted by Crippen LogP contribution is -2.41. The first-order chi connectivity index (χ1) is 13.7. The summed E-state index contributed by atoms with van der Waals surface area (Å²) in [6.45, 7) is 5.89. The molecule has 0 aromatic rings. The fourth-order valence-electron chi connectivity index (χ4n) is 5.10. The minimum atomic E-state index is -0.716. The summed E-state index contributed by atoms with van der Waals surface area (Å²) in [5, 5.41) is 19.4. The van der Waals surface area contributed by atoms with Gasteiger partial charge in [-0.3, -0.25) is 9.59 Å². The Kier molecular flexibility index (Phi) is 7.17. The van der Waals surface area contributed by atoms with E-state index in [0.29, 0.717) is 24.7 Å². The summed E-state index contributed by atoms with van der Waals surface area (Å²) in [7, 11) is 0. The van der Waals surface area contributed by atoms with Gasteiger partial charge in [-0.15, -0.1) is 0 Å². The van der Waals surface area contributed by atoms with Crippen molar-refractivity contribution in [2.75, 3.05) is 0 Å². The molecule has 2 N–H and O–H groups in total. The maximum atomic E-state index is 12.3. The van der Waals surface area contributed by atoms with E-state index in [1.807, 2.05) is 0 Å². The van der Waals surface area contributed by atoms with Gasteiger partial charge >= 0.3 is 11.9 Å². The molecule has 0 aromatic heterocycles. The van der Waals surface area contributed by atoms with Crippen molar-refractivity contribution in [3.05, 3.63) is 23.8 Å². The maximum absolute atomic E-state index is 12.3. The summed E-state index contributed by atoms with van der Waals surface area (Å²) < 4.78 is 11.3. The van der Waals surface area contributed by atoms with Crippen LogP contribution in [0.4, 0.5) is 0 Å². The second-order valence-corrected chi connectivity index (χ2v) is 9.15. The lowest BCUT2D eigenvalue weighted by molar-refractivity contribution is -0.162. The molecule has 162 valence electrons. The topological polar surface area (TPSA) is 93.1 Å². The number of carbonyl (C=O) groups is 2. The Labute approximate surface area is 173 Å². The number of rotatable bonds is 6. The molecule has 1 saturated heterocycles. The van der Waals surface area contributed by atoms with Gasteiger partial charge in [0.1, 0.15) is 12.2 Å². The van der Waals surface area contributed by atoms with Gasteiger partial charge in [0.25, 0.3) is 0 Å². The third kappa shape index (κ3) is 5.70. The molecule has 3 aliphatic rings. The van der Waals surface area contributed by atoms with E-state index in [-0.39, 0.29) is 48.8 Å². The van der Waals surface area contributed by atoms with Crippen molar-refractivity contribution in [3.8, 4) is 0 Å². The number of allylic oxidation sites excluding steroid dienone is 3. The summed E-state index contributed by atoms with van der Waals surface area (Å²) in [5.41, 5.74) is 1.21. The van der Waals surface area contributed by atoms with E-state index in [1.165, 1.54) is 5.57 Å². The summed E-state index contributed by atoms with van der Waals surface area (Å²) in [5.74, 6) is 0.312. The normalized spacial score (nSPS) is 37.9. The number of ether oxygens (including phenoxy) is 2. The highest BCUT2D eigenvalue weighted by Gasteiger charge is 2.42. The minimum Gasteiger partial charge on any atom is -0.462 e. The highest BCUT2D eigenvalue weighted by molar-refractivity contribution is 5.71. The SMILES string of the molecule is CC(O)CC(=O)O[C@H]1C[C@@H](C)C=C2C=C[C@H](C)[C@H](CC[C@@H]3C[C@@H](O)CC(=O)O3)[C@H]21. The Morgan fingerprint density at radius 2 is 2.07 bits per heavy atom. The minimum absolute atomic E-state index is 0.00260. The first kappa shape index (κ1) is 22.0. The predicted molar refractivity (Wildman–Crippen MR) is 108 cm³/mol. The molecule has 0 radical (unpaired) electrons. The van der Waals surface area contributed by atoms with Crippen LogP contribution in [0.3, 0.4) is 0 Å². The van der Waals surface area contributed by atoms with Crippen LogP contribution < -0.4 is 0 Å². The number of aliphatic hydroxyl groups excluding tert-OH is 2. The lowest BCUT2D eigenvalue weighted by Gasteiger charge is -2.43. The van der Waals surface area contributed by atoms with Gasteiger partial charge in [0, 0.05) is 12.3 Å². The standard InChI is InChI=1S/C23H34O6/c1-13-8-16-5-4-14(2)19(7-6-18-11-17(25)12-22(27)28-18)23(16)20(9-13)29-21(26)10-15(3)24/h4-5,8,13-15,17-20,23-25H,6-7,9-12H2,1-3H3/t13-,14-,15?,17+,18+,19-,20-,23-/m0/s1. The van der Waals surface area contributed by atoms with E-state index in [0.717, 1.165) is 12.8 Å². The molecular weight excluding hydrogens is 372 g/mol. The molecule has 0 bridgehead atoms. The number of fused-ring (bicyclic) bond motifs is 1. The molecule has 2 aliphatic carbocycles. The van der Waals surface area contributed by atoms with Crippen LogP contribution in [0.15, 0.2) is 23.8 Å². The zero-order valence-electron chi connectivity index (χ0n) is 17.6. The molecule has 6 heteroatoms. The van der Waals surface area contributed by atoms with E-state index in [1.54, 1.807) is 6.92 Å². The molecular formula is C23H34O6. The number of carbonyl (C=O) groups excluding carboxylic acids is 2. The third-order valence-corrected chi connectivity index (χ3v) is 6.40. The lowest BCUT2D eigenvalue weighted by atomic mass is 9.65. The zero-order chi connectivity index (χ0) is 21.1. The Morgan fingerprint density at radius 1 is 1.31 bits per heavy atom. The summed E-state index contributed by atoms with van der Waals surface area (Å²) >= 11 is 0. The largest absolute Gasteiger partial charge is 0.462 e. The van der Waals surface area contributed by atoms with E-state index >= 15 is 0 Å². The summed E-state index contributed by atoms with van der Waals surface area (Å²) in [6, 6.07) is 0. The number of hydrogen-bond donors (Lipinski definition) is 2. The molecule has 0 amide bonds. The third-order valence-electron chi connectivity index (χ3n) is 6.40. The molecule has 6 nitrogen and oxygen atoms in total. The van der Waals surface area contributed by atoms with E-state index in [4.69, 9.17) is 9.47 Å². The number of hydrogen-bond acceptors (Lipinski definition) is 6. The average molecular weight is 407 g/mol. The highest BCUT2D eigenvalue weighted by Crippen LogP contribution is 2.45. The first-order valence-corrected chi connectivity index (χ1v) is 10.9. The van der Waals surface area contributed by atoms with Crippen LogP contribution in [-0.2, 0) is 19.1 Å². The van der Waals surface area contributed by atoms with Gasteiger partial charge in [0.05, 0.1) is 25.0 Å². The number of cyclic esters (lactones) is 1. The number of aliphatic hydroxyl groups is 2. The van der Waals surface area contributed by atoms with Crippen molar-refractivity contribution in [2.45, 2.75) is 83.7 Å². The molecule has 1 unspecified atom stereocenters. The van der Waals surface area contributed by atoms with Gasteiger partial charge in [-0.25, -0.2) is 0 Å². The van der Waals surface area contributed by atoms with Gasteiger partial charge in [0.15, 0.2) is 0 Å². The van der Waals surface area contributed by atoms with Crippen molar-refractivity contribution in [1.82, 2.24) is 0 Å². The van der Waals surface area contributed by atoms with Crippen molar-refractivity contribution in [3.63, 3.8) is 0 Å². The molecule has 0 saturated carbocycles. The Hall–Kier alpha value is -1.66. The van der Waals surface area contributed by atoms with E-state index in [9.17, 15) is 19.8 Å². The van der Waals surface area contributed by atoms with Crippen LogP contribution in [0, 0.1) is 23.7 Å². The van der Waals surface area contributed by atoms with Crippen molar-refractivity contribution in [1.29, 1.82) is 0 Å². The van der Waals surface area contributed by atoms with E-state index < -0.39 is 12.2 Å². The van der Waals surface area contributed by atoms with Gasteiger partial charge in [-0.05, 0) is 49.5 Å². The van der Waals surface area contributed by atoms with Crippen molar-refractivity contribution >= 4 is 11.9 Å². The Morgan fingerprint density at radius 3 is 2.76 bits per heavy atom. The van der Waals surface area contributed by atoms with Crippen LogP contribution in [0.5, 0.6) is 0 Å². The van der Waals surface area contributed by atoms with Gasteiger partial charge < -0.3 is 19.7 Å². The van der Waals surface area contributed by atoms with Crippen LogP contribution in [0.2, 0.25) is 0 Å². The fraction of sp³-hybridized carbons (Fsp3) is 0.739. The highest BCUT2D eigenvalue weighted by atomic mass is 16.5. The zero-order valence-corrected chi connectivity index (χ0v) is 17.6. The number of esters is 2. The van der Waals surface area contributed by atoms with Crippen molar-refractivity contribution < 1.29 is 29.3 Å². The molecule has 1 fully saturated rings. The first-order valence-electron chi connectivity index (χ1n) is 10.9. The summed E-state index contributed by atoms with van der Waals surface area (Å²) in [4.78, 5) is 23.9. The molecule has 0 spiro atoms. The van der Waals surface area contributed by atoms with Gasteiger partial charge in [-0.2, -0.15) is 0 Å². The van der Waals surface area contributed by atoms with Crippen LogP contribution in [0.25, 0.3) is 0 Å². The second kappa shape index (κ2) is 9.43.